The summed E-state index contributed by atoms with van der Waals surface area (Å²) in [6.45, 7) is 9.95. The van der Waals surface area contributed by atoms with E-state index < -0.39 is 0 Å². The fourth-order valence-corrected chi connectivity index (χ4v) is 4.90. The van der Waals surface area contributed by atoms with Gasteiger partial charge < -0.3 is 0 Å². The standard InChI is InChI=1S/C20H28N4OS2/c1-14(2)13-26-20-23-22-19(27-20)21-18(25)17-8-6-16(7-9-17)12-24-10-4-5-15(3)11-24/h6-9,14-15H,4-5,10-13H2,1-3H3,(H,21,22,25)/t15-/m0/s1. The third kappa shape index (κ3) is 6.30. The second-order valence-electron chi connectivity index (χ2n) is 7.71. The second kappa shape index (κ2) is 9.66. The van der Waals surface area contributed by atoms with Crippen molar-refractivity contribution in [2.45, 2.75) is 44.5 Å². The minimum absolute atomic E-state index is 0.135. The number of aromatic nitrogens is 2. The second-order valence-corrected chi connectivity index (χ2v) is 9.96. The maximum Gasteiger partial charge on any atom is 0.257 e. The molecule has 7 heteroatoms. The van der Waals surface area contributed by atoms with Crippen molar-refractivity contribution in [3.63, 3.8) is 0 Å². The fourth-order valence-electron chi connectivity index (χ4n) is 3.18. The number of benzene rings is 1. The lowest BCUT2D eigenvalue weighted by Gasteiger charge is -2.30. The number of rotatable bonds is 7. The summed E-state index contributed by atoms with van der Waals surface area (Å²) in [6.07, 6.45) is 2.61. The van der Waals surface area contributed by atoms with Crippen LogP contribution in [0.5, 0.6) is 0 Å². The molecule has 1 aromatic heterocycles. The van der Waals surface area contributed by atoms with Crippen molar-refractivity contribution in [1.29, 1.82) is 0 Å². The number of carbonyl (C=O) groups excluding carboxylic acids is 1. The van der Waals surface area contributed by atoms with Gasteiger partial charge in [0.2, 0.25) is 5.13 Å². The number of anilines is 1. The first-order chi connectivity index (χ1) is 13.0. The summed E-state index contributed by atoms with van der Waals surface area (Å²) < 4.78 is 0.894. The van der Waals surface area contributed by atoms with Crippen LogP contribution in [0.15, 0.2) is 28.6 Å². The van der Waals surface area contributed by atoms with Gasteiger partial charge in [-0.3, -0.25) is 15.0 Å². The number of likely N-dealkylation sites (tertiary alicyclic amines) is 1. The molecule has 0 spiro atoms. The van der Waals surface area contributed by atoms with Gasteiger partial charge in [-0.1, -0.05) is 56.0 Å². The Bertz CT molecular complexity index is 745. The SMILES string of the molecule is CC(C)CSc1nnc(NC(=O)c2ccc(CN3CCC[C@H](C)C3)cc2)s1. The quantitative estimate of drug-likeness (QED) is 0.532. The van der Waals surface area contributed by atoms with Gasteiger partial charge in [-0.05, 0) is 48.9 Å². The lowest BCUT2D eigenvalue weighted by molar-refractivity contribution is 0.102. The Balaban J connectivity index is 1.53. The molecule has 1 N–H and O–H groups in total. The molecule has 0 unspecified atom stereocenters. The molecule has 1 fully saturated rings. The lowest BCUT2D eigenvalue weighted by Crippen LogP contribution is -2.33. The van der Waals surface area contributed by atoms with Crippen molar-refractivity contribution in [2.24, 2.45) is 11.8 Å². The molecule has 146 valence electrons. The van der Waals surface area contributed by atoms with Crippen LogP contribution in [-0.4, -0.2) is 39.8 Å². The highest BCUT2D eigenvalue weighted by Crippen LogP contribution is 2.27. The first kappa shape index (κ1) is 20.3. The number of nitrogens with one attached hydrogen (secondary N) is 1. The van der Waals surface area contributed by atoms with Crippen LogP contribution in [0.2, 0.25) is 0 Å². The molecule has 0 radical (unpaired) electrons. The van der Waals surface area contributed by atoms with Crippen LogP contribution in [0.3, 0.4) is 0 Å². The molecule has 3 rings (SSSR count). The van der Waals surface area contributed by atoms with Crippen LogP contribution in [0, 0.1) is 11.8 Å². The van der Waals surface area contributed by atoms with Gasteiger partial charge >= 0.3 is 0 Å². The van der Waals surface area contributed by atoms with Crippen LogP contribution in [0.4, 0.5) is 5.13 Å². The zero-order valence-electron chi connectivity index (χ0n) is 16.3. The first-order valence-electron chi connectivity index (χ1n) is 9.58. The number of piperidine rings is 1. The molecule has 1 amide bonds. The van der Waals surface area contributed by atoms with E-state index in [9.17, 15) is 4.79 Å². The molecular weight excluding hydrogens is 376 g/mol. The predicted octanol–water partition coefficient (Wildman–Crippen LogP) is 4.77. The smallest absolute Gasteiger partial charge is 0.257 e. The number of hydrogen-bond acceptors (Lipinski definition) is 6. The molecule has 2 heterocycles. The van der Waals surface area contributed by atoms with E-state index in [1.165, 1.54) is 36.3 Å². The van der Waals surface area contributed by atoms with Crippen molar-refractivity contribution in [1.82, 2.24) is 15.1 Å². The van der Waals surface area contributed by atoms with Crippen molar-refractivity contribution in [3.05, 3.63) is 35.4 Å². The van der Waals surface area contributed by atoms with Gasteiger partial charge in [-0.2, -0.15) is 0 Å². The van der Waals surface area contributed by atoms with Gasteiger partial charge in [0.25, 0.3) is 5.91 Å². The summed E-state index contributed by atoms with van der Waals surface area (Å²) in [7, 11) is 0. The van der Waals surface area contributed by atoms with Crippen molar-refractivity contribution >= 4 is 34.1 Å². The molecule has 1 atom stereocenters. The Hall–Kier alpha value is -1.44. The van der Waals surface area contributed by atoms with Gasteiger partial charge in [0, 0.05) is 24.4 Å². The van der Waals surface area contributed by atoms with E-state index >= 15 is 0 Å². The third-order valence-corrected chi connectivity index (χ3v) is 6.93. The number of carbonyl (C=O) groups is 1. The first-order valence-corrected chi connectivity index (χ1v) is 11.4. The van der Waals surface area contributed by atoms with Crippen molar-refractivity contribution < 1.29 is 4.79 Å². The molecule has 5 nitrogen and oxygen atoms in total. The minimum atomic E-state index is -0.135. The molecular formula is C20H28N4OS2. The van der Waals surface area contributed by atoms with E-state index in [-0.39, 0.29) is 5.91 Å². The lowest BCUT2D eigenvalue weighted by atomic mass is 9.99. The zero-order valence-corrected chi connectivity index (χ0v) is 17.9. The predicted molar refractivity (Wildman–Crippen MR) is 114 cm³/mol. The average Bonchev–Trinajstić information content (AvgIpc) is 3.08. The van der Waals surface area contributed by atoms with E-state index in [0.29, 0.717) is 16.6 Å². The van der Waals surface area contributed by atoms with E-state index in [1.54, 1.807) is 11.8 Å². The number of amides is 1. The number of hydrogen-bond donors (Lipinski definition) is 1. The maximum atomic E-state index is 12.4. The highest BCUT2D eigenvalue weighted by Gasteiger charge is 2.16. The molecule has 0 saturated carbocycles. The van der Waals surface area contributed by atoms with Gasteiger partial charge in [0.15, 0.2) is 4.34 Å². The molecule has 27 heavy (non-hydrogen) atoms. The van der Waals surface area contributed by atoms with Gasteiger partial charge in [-0.25, -0.2) is 0 Å². The molecule has 1 aliphatic heterocycles. The highest BCUT2D eigenvalue weighted by atomic mass is 32.2. The van der Waals surface area contributed by atoms with E-state index in [1.807, 2.05) is 12.1 Å². The number of nitrogens with zero attached hydrogens (tertiary/aromatic N) is 3. The van der Waals surface area contributed by atoms with Crippen molar-refractivity contribution in [3.8, 4) is 0 Å². The summed E-state index contributed by atoms with van der Waals surface area (Å²) in [5.41, 5.74) is 1.90. The van der Waals surface area contributed by atoms with Crippen LogP contribution < -0.4 is 5.32 Å². The third-order valence-electron chi connectivity index (χ3n) is 4.53. The van der Waals surface area contributed by atoms with Gasteiger partial charge in [-0.15, -0.1) is 10.2 Å². The van der Waals surface area contributed by atoms with E-state index in [0.717, 1.165) is 29.1 Å². The zero-order chi connectivity index (χ0) is 19.2. The monoisotopic (exact) mass is 404 g/mol. The Morgan fingerprint density at radius 1 is 1.33 bits per heavy atom. The van der Waals surface area contributed by atoms with Gasteiger partial charge in [0.05, 0.1) is 0 Å². The number of thioether (sulfide) groups is 1. The maximum absolute atomic E-state index is 12.4. The summed E-state index contributed by atoms with van der Waals surface area (Å²) >= 11 is 3.11. The molecule has 1 aromatic carbocycles. The van der Waals surface area contributed by atoms with Crippen LogP contribution in [0.25, 0.3) is 0 Å². The molecule has 2 aromatic rings. The Morgan fingerprint density at radius 3 is 2.81 bits per heavy atom. The molecule has 0 aliphatic carbocycles. The normalized spacial score (nSPS) is 18.0. The van der Waals surface area contributed by atoms with Crippen LogP contribution >= 0.6 is 23.1 Å². The Morgan fingerprint density at radius 2 is 2.11 bits per heavy atom. The highest BCUT2D eigenvalue weighted by molar-refractivity contribution is 8.01. The fraction of sp³-hybridized carbons (Fsp3) is 0.550. The largest absolute Gasteiger partial charge is 0.299 e. The van der Waals surface area contributed by atoms with Crippen LogP contribution in [0.1, 0.15) is 49.5 Å². The molecule has 1 aliphatic rings. The Kier molecular flexibility index (Phi) is 7.26. The van der Waals surface area contributed by atoms with Crippen molar-refractivity contribution in [2.75, 3.05) is 24.2 Å². The van der Waals surface area contributed by atoms with Crippen LogP contribution in [-0.2, 0) is 6.54 Å². The Labute approximate surface area is 170 Å². The van der Waals surface area contributed by atoms with E-state index in [2.05, 4.69) is 53.3 Å². The van der Waals surface area contributed by atoms with Gasteiger partial charge in [0.1, 0.15) is 0 Å². The summed E-state index contributed by atoms with van der Waals surface area (Å²) in [6, 6.07) is 7.90. The average molecular weight is 405 g/mol. The summed E-state index contributed by atoms with van der Waals surface area (Å²) in [4.78, 5) is 14.9. The topological polar surface area (TPSA) is 58.1 Å². The molecule has 1 saturated heterocycles. The summed E-state index contributed by atoms with van der Waals surface area (Å²) in [5, 5.41) is 11.6. The summed E-state index contributed by atoms with van der Waals surface area (Å²) in [5.74, 6) is 2.24. The minimum Gasteiger partial charge on any atom is -0.299 e. The molecule has 0 bridgehead atoms. The van der Waals surface area contributed by atoms with E-state index in [4.69, 9.17) is 0 Å².